The normalized spacial score (nSPS) is 15.4. The van der Waals surface area contributed by atoms with E-state index in [9.17, 15) is 9.90 Å². The Bertz CT molecular complexity index is 2450. The molecule has 0 saturated carbocycles. The number of carboxylic acid groups (broad SMARTS) is 1. The molecule has 62 heavy (non-hydrogen) atoms. The lowest BCUT2D eigenvalue weighted by Crippen LogP contribution is -2.44. The van der Waals surface area contributed by atoms with Gasteiger partial charge in [0.05, 0.1) is 36.7 Å². The summed E-state index contributed by atoms with van der Waals surface area (Å²) in [6.45, 7) is 16.6. The van der Waals surface area contributed by atoms with Crippen molar-refractivity contribution in [1.82, 2.24) is 27.9 Å². The van der Waals surface area contributed by atoms with Crippen molar-refractivity contribution >= 4 is 45.5 Å². The quantitative estimate of drug-likeness (QED) is 0.0667. The Morgan fingerprint density at radius 2 is 1.61 bits per heavy atom. The maximum absolute atomic E-state index is 13.4. The number of aromatic nitrogens is 3. The first kappa shape index (κ1) is 43.6. The molecule has 4 aromatic carbocycles. The Morgan fingerprint density at radius 3 is 2.37 bits per heavy atom. The number of ether oxygens (including phenoxy) is 3. The van der Waals surface area contributed by atoms with Gasteiger partial charge in [-0.25, -0.2) is 13.4 Å². The standard InChI is InChI=1S/C49H61N7O5S/c1-35(2)33-51(4)62-55-25-23-54(24-26-55)38-18-20-39(21-19-38)61-34-44-46(36(3)50-52(44)5)43-15-9-14-41-42(16-10-30-60-45-17-8-12-37-11-6-7-13-40(37)45)48(49(57)58)56(47(41)43)27-22-53-28-31-59-32-29-53/h6-9,11-15,17-21,35H,10,16,22-34H2,1-5H3,(H,57,58). The van der Waals surface area contributed by atoms with E-state index in [2.05, 4.69) is 93.9 Å². The molecule has 13 heteroatoms. The number of hydrogen-bond donors (Lipinski definition) is 1. The van der Waals surface area contributed by atoms with Crippen LogP contribution in [-0.4, -0.2) is 118 Å². The first-order valence-electron chi connectivity index (χ1n) is 22.1. The van der Waals surface area contributed by atoms with E-state index in [-0.39, 0.29) is 0 Å². The van der Waals surface area contributed by atoms with Crippen molar-refractivity contribution in [3.8, 4) is 22.6 Å². The van der Waals surface area contributed by atoms with Gasteiger partial charge in [-0.15, -0.1) is 0 Å². The molecule has 0 bridgehead atoms. The van der Waals surface area contributed by atoms with Crippen LogP contribution in [0, 0.1) is 12.8 Å². The Balaban J connectivity index is 1.03. The summed E-state index contributed by atoms with van der Waals surface area (Å²) in [4.78, 5) is 18.2. The molecule has 4 heterocycles. The summed E-state index contributed by atoms with van der Waals surface area (Å²) in [7, 11) is 4.13. The van der Waals surface area contributed by atoms with Crippen LogP contribution in [0.4, 0.5) is 5.69 Å². The van der Waals surface area contributed by atoms with E-state index in [0.29, 0.717) is 64.0 Å². The maximum Gasteiger partial charge on any atom is 0.352 e. The lowest BCUT2D eigenvalue weighted by atomic mass is 9.98. The van der Waals surface area contributed by atoms with E-state index >= 15 is 0 Å². The van der Waals surface area contributed by atoms with Crippen LogP contribution in [0.2, 0.25) is 0 Å². The molecule has 12 nitrogen and oxygen atoms in total. The summed E-state index contributed by atoms with van der Waals surface area (Å²) >= 11 is 1.85. The summed E-state index contributed by atoms with van der Waals surface area (Å²) in [5.74, 6) is 1.34. The van der Waals surface area contributed by atoms with Gasteiger partial charge in [0.15, 0.2) is 0 Å². The summed E-state index contributed by atoms with van der Waals surface area (Å²) in [5, 5.41) is 19.0. The third kappa shape index (κ3) is 9.92. The second-order valence-electron chi connectivity index (χ2n) is 16.9. The third-order valence-electron chi connectivity index (χ3n) is 12.0. The van der Waals surface area contributed by atoms with Crippen molar-refractivity contribution in [2.24, 2.45) is 13.0 Å². The SMILES string of the molecule is Cc1nn(C)c(COc2ccc(N3CCN(SN(C)CC(C)C)CC3)cc2)c1-c1cccc2c(CCCOc3cccc4ccccc34)c(C(=O)O)n(CCN3CCOCC3)c12. The van der Waals surface area contributed by atoms with Gasteiger partial charge in [0.2, 0.25) is 0 Å². The number of nitrogens with zero attached hydrogens (tertiary/aromatic N) is 7. The Labute approximate surface area is 370 Å². The van der Waals surface area contributed by atoms with Gasteiger partial charge in [-0.2, -0.15) is 5.10 Å². The van der Waals surface area contributed by atoms with Gasteiger partial charge in [-0.3, -0.25) is 9.58 Å². The van der Waals surface area contributed by atoms with E-state index in [0.717, 1.165) is 107 Å². The number of carboxylic acids is 1. The van der Waals surface area contributed by atoms with E-state index in [4.69, 9.17) is 19.3 Å². The van der Waals surface area contributed by atoms with Gasteiger partial charge in [0.1, 0.15) is 23.8 Å². The molecule has 0 radical (unpaired) electrons. The van der Waals surface area contributed by atoms with Crippen molar-refractivity contribution in [2.45, 2.75) is 46.8 Å². The fraction of sp³-hybridized carbons (Fsp3) is 0.429. The minimum atomic E-state index is -0.927. The molecule has 2 aliphatic rings. The molecule has 1 N–H and O–H groups in total. The summed E-state index contributed by atoms with van der Waals surface area (Å²) in [6.07, 6.45) is 1.21. The summed E-state index contributed by atoms with van der Waals surface area (Å²) in [6, 6.07) is 29.0. The van der Waals surface area contributed by atoms with Gasteiger partial charge in [-0.05, 0) is 74.0 Å². The molecule has 2 fully saturated rings. The molecule has 0 atom stereocenters. The molecule has 6 aromatic rings. The van der Waals surface area contributed by atoms with E-state index < -0.39 is 5.97 Å². The molecule has 8 rings (SSSR count). The largest absolute Gasteiger partial charge is 0.493 e. The maximum atomic E-state index is 13.4. The number of aromatic carboxylic acids is 1. The van der Waals surface area contributed by atoms with Crippen molar-refractivity contribution < 1.29 is 24.1 Å². The van der Waals surface area contributed by atoms with Crippen molar-refractivity contribution in [3.05, 3.63) is 108 Å². The summed E-state index contributed by atoms with van der Waals surface area (Å²) in [5.41, 5.74) is 7.00. The van der Waals surface area contributed by atoms with Gasteiger partial charge in [-0.1, -0.05) is 68.4 Å². The lowest BCUT2D eigenvalue weighted by molar-refractivity contribution is 0.0362. The van der Waals surface area contributed by atoms with Gasteiger partial charge < -0.3 is 28.8 Å². The van der Waals surface area contributed by atoms with Crippen LogP contribution >= 0.6 is 12.1 Å². The van der Waals surface area contributed by atoms with E-state index in [1.807, 2.05) is 65.7 Å². The predicted molar refractivity (Wildman–Crippen MR) is 250 cm³/mol. The highest BCUT2D eigenvalue weighted by Crippen LogP contribution is 2.39. The zero-order valence-electron chi connectivity index (χ0n) is 36.9. The summed E-state index contributed by atoms with van der Waals surface area (Å²) < 4.78 is 27.2. The van der Waals surface area contributed by atoms with Crippen LogP contribution in [0.1, 0.15) is 47.7 Å². The number of morpholine rings is 1. The number of carbonyl (C=O) groups is 1. The average Bonchev–Trinajstić information content (AvgIpc) is 3.75. The second kappa shape index (κ2) is 20.0. The second-order valence-corrected chi connectivity index (χ2v) is 18.2. The van der Waals surface area contributed by atoms with Crippen molar-refractivity contribution in [2.75, 3.05) is 84.1 Å². The number of aryl methyl sites for hydroxylation is 3. The van der Waals surface area contributed by atoms with Crippen LogP contribution < -0.4 is 14.4 Å². The molecule has 0 spiro atoms. The first-order chi connectivity index (χ1) is 30.1. The van der Waals surface area contributed by atoms with Crippen molar-refractivity contribution in [1.29, 1.82) is 0 Å². The molecule has 2 saturated heterocycles. The van der Waals surface area contributed by atoms with Crippen LogP contribution in [0.15, 0.2) is 84.9 Å². The molecule has 0 amide bonds. The topological polar surface area (TPSA) is 101 Å². The Morgan fingerprint density at radius 1 is 0.887 bits per heavy atom. The molecule has 328 valence electrons. The zero-order valence-corrected chi connectivity index (χ0v) is 37.7. The molecule has 0 aliphatic carbocycles. The number of piperazine rings is 1. The fourth-order valence-corrected chi connectivity index (χ4v) is 10.2. The predicted octanol–water partition coefficient (Wildman–Crippen LogP) is 8.40. The number of benzene rings is 4. The fourth-order valence-electron chi connectivity index (χ4n) is 9.12. The molecule has 0 unspecified atom stereocenters. The van der Waals surface area contributed by atoms with Crippen LogP contribution in [0.5, 0.6) is 11.5 Å². The minimum absolute atomic E-state index is 0.306. The smallest absolute Gasteiger partial charge is 0.352 e. The van der Waals surface area contributed by atoms with Crippen LogP contribution in [0.25, 0.3) is 32.8 Å². The number of fused-ring (bicyclic) bond motifs is 2. The third-order valence-corrected chi connectivity index (χ3v) is 13.0. The number of anilines is 1. The van der Waals surface area contributed by atoms with Gasteiger partial charge in [0, 0.05) is 106 Å². The molecular formula is C49H61N7O5S. The zero-order chi connectivity index (χ0) is 43.2. The highest BCUT2D eigenvalue weighted by molar-refractivity contribution is 7.94. The van der Waals surface area contributed by atoms with Gasteiger partial charge >= 0.3 is 5.97 Å². The van der Waals surface area contributed by atoms with Crippen molar-refractivity contribution in [3.63, 3.8) is 0 Å². The van der Waals surface area contributed by atoms with E-state index in [1.54, 1.807) is 0 Å². The molecule has 2 aliphatic heterocycles. The average molecular weight is 860 g/mol. The van der Waals surface area contributed by atoms with E-state index in [1.165, 1.54) is 5.69 Å². The minimum Gasteiger partial charge on any atom is -0.493 e. The molecular weight excluding hydrogens is 799 g/mol. The Kier molecular flexibility index (Phi) is 14.0. The molecule has 2 aromatic heterocycles. The first-order valence-corrected chi connectivity index (χ1v) is 22.8. The highest BCUT2D eigenvalue weighted by Gasteiger charge is 2.28. The number of hydrogen-bond acceptors (Lipinski definition) is 10. The van der Waals surface area contributed by atoms with Crippen LogP contribution in [-0.2, 0) is 31.4 Å². The van der Waals surface area contributed by atoms with Crippen LogP contribution in [0.3, 0.4) is 0 Å². The number of para-hydroxylation sites is 1. The van der Waals surface area contributed by atoms with Gasteiger partial charge in [0.25, 0.3) is 0 Å². The Hall–Kier alpha value is -5.05. The number of rotatable bonds is 18. The monoisotopic (exact) mass is 859 g/mol. The lowest BCUT2D eigenvalue weighted by Gasteiger charge is -2.36. The highest BCUT2D eigenvalue weighted by atomic mass is 32.2.